The number of aliphatic carboxylic acids is 1. The van der Waals surface area contributed by atoms with Gasteiger partial charge in [-0.05, 0) is 13.0 Å². The third-order valence-corrected chi connectivity index (χ3v) is 0.967. The molecule has 3 N–H and O–H groups in total. The van der Waals surface area contributed by atoms with Crippen LogP contribution in [0.5, 0.6) is 0 Å². The number of rotatable bonds is 3. The number of hydrogen-bond acceptors (Lipinski definition) is 2. The first kappa shape index (κ1) is 9.49. The van der Waals surface area contributed by atoms with Crippen LogP contribution in [0.2, 0.25) is 0 Å². The van der Waals surface area contributed by atoms with Gasteiger partial charge in [-0.15, -0.1) is 0 Å². The average Bonchev–Trinajstić information content (AvgIpc) is 1.81. The van der Waals surface area contributed by atoms with Gasteiger partial charge in [-0.3, -0.25) is 0 Å². The van der Waals surface area contributed by atoms with E-state index in [-0.39, 0.29) is 11.3 Å². The molecule has 0 atom stereocenters. The van der Waals surface area contributed by atoms with Gasteiger partial charge in [0, 0.05) is 5.70 Å². The molecule has 0 saturated carbocycles. The van der Waals surface area contributed by atoms with Crippen LogP contribution >= 0.6 is 0 Å². The van der Waals surface area contributed by atoms with Gasteiger partial charge in [-0.2, -0.15) is 0 Å². The highest BCUT2D eigenvalue weighted by atomic mass is 16.4. The zero-order valence-electron chi connectivity index (χ0n) is 6.42. The fourth-order valence-corrected chi connectivity index (χ4v) is 0.538. The summed E-state index contributed by atoms with van der Waals surface area (Å²) >= 11 is 0. The third kappa shape index (κ3) is 3.25. The van der Waals surface area contributed by atoms with E-state index in [4.69, 9.17) is 10.8 Å². The first-order valence-corrected chi connectivity index (χ1v) is 3.00. The molecule has 0 aliphatic carbocycles. The van der Waals surface area contributed by atoms with Crippen LogP contribution in [-0.4, -0.2) is 11.1 Å². The molecule has 0 spiro atoms. The van der Waals surface area contributed by atoms with Crippen LogP contribution in [0.3, 0.4) is 0 Å². The molecule has 0 aromatic carbocycles. The number of carboxylic acids is 1. The Labute approximate surface area is 65.5 Å². The minimum Gasteiger partial charge on any atom is -0.478 e. The van der Waals surface area contributed by atoms with Crippen LogP contribution in [0.25, 0.3) is 0 Å². The van der Waals surface area contributed by atoms with Crippen LogP contribution in [0, 0.1) is 0 Å². The Kier molecular flexibility index (Phi) is 3.11. The van der Waals surface area contributed by atoms with Crippen molar-refractivity contribution in [2.45, 2.75) is 6.92 Å². The lowest BCUT2D eigenvalue weighted by Crippen LogP contribution is -2.09. The van der Waals surface area contributed by atoms with E-state index >= 15 is 0 Å². The van der Waals surface area contributed by atoms with Crippen LogP contribution < -0.4 is 5.73 Å². The molecule has 3 heteroatoms. The Morgan fingerprint density at radius 1 is 1.55 bits per heavy atom. The van der Waals surface area contributed by atoms with Crippen LogP contribution in [0.1, 0.15) is 6.92 Å². The van der Waals surface area contributed by atoms with E-state index in [2.05, 4.69) is 13.2 Å². The van der Waals surface area contributed by atoms with Crippen molar-refractivity contribution in [3.63, 3.8) is 0 Å². The maximum absolute atomic E-state index is 10.4. The standard InChI is InChI=1S/C8H11NO2/c1-5(2)4-7(6(3)9)8(10)11/h4H,1,3,9H2,2H3,(H,10,11)/b7-4+. The molecule has 0 bridgehead atoms. The molecule has 0 amide bonds. The predicted octanol–water partition coefficient (Wildman–Crippen LogP) is 1.05. The molecule has 60 valence electrons. The van der Waals surface area contributed by atoms with Gasteiger partial charge in [-0.1, -0.05) is 18.7 Å². The van der Waals surface area contributed by atoms with Crippen molar-refractivity contribution in [3.05, 3.63) is 36.1 Å². The molecule has 0 aliphatic heterocycles. The van der Waals surface area contributed by atoms with Crippen LogP contribution in [0.4, 0.5) is 0 Å². The van der Waals surface area contributed by atoms with E-state index in [9.17, 15) is 4.79 Å². The molecule has 0 aliphatic rings. The minimum absolute atomic E-state index is 0.00231. The number of carbonyl (C=O) groups is 1. The molecule has 0 aromatic rings. The van der Waals surface area contributed by atoms with E-state index in [0.29, 0.717) is 5.57 Å². The average molecular weight is 153 g/mol. The van der Waals surface area contributed by atoms with Crippen LogP contribution in [0.15, 0.2) is 36.1 Å². The molecule has 0 aromatic heterocycles. The lowest BCUT2D eigenvalue weighted by Gasteiger charge is -1.99. The summed E-state index contributed by atoms with van der Waals surface area (Å²) in [5.74, 6) is -1.08. The zero-order chi connectivity index (χ0) is 9.02. The van der Waals surface area contributed by atoms with E-state index < -0.39 is 5.97 Å². The maximum atomic E-state index is 10.4. The molecule has 0 fully saturated rings. The normalized spacial score (nSPS) is 10.8. The van der Waals surface area contributed by atoms with Crippen molar-refractivity contribution in [2.75, 3.05) is 0 Å². The van der Waals surface area contributed by atoms with E-state index in [1.165, 1.54) is 6.08 Å². The lowest BCUT2D eigenvalue weighted by atomic mass is 10.1. The predicted molar refractivity (Wildman–Crippen MR) is 43.9 cm³/mol. The molecule has 0 rings (SSSR count). The Bertz CT molecular complexity index is 222. The summed E-state index contributed by atoms with van der Waals surface area (Å²) in [5.41, 5.74) is 5.87. The summed E-state index contributed by atoms with van der Waals surface area (Å²) in [6.45, 7) is 8.53. The van der Waals surface area contributed by atoms with Gasteiger partial charge >= 0.3 is 5.97 Å². The van der Waals surface area contributed by atoms with Crippen molar-refractivity contribution >= 4 is 5.97 Å². The fourth-order valence-electron chi connectivity index (χ4n) is 0.538. The van der Waals surface area contributed by atoms with E-state index in [0.717, 1.165) is 0 Å². The largest absolute Gasteiger partial charge is 0.478 e. The third-order valence-electron chi connectivity index (χ3n) is 0.967. The quantitative estimate of drug-likeness (QED) is 0.470. The molecular weight excluding hydrogens is 142 g/mol. The monoisotopic (exact) mass is 153 g/mol. The van der Waals surface area contributed by atoms with Gasteiger partial charge < -0.3 is 10.8 Å². The minimum atomic E-state index is -1.08. The van der Waals surface area contributed by atoms with Gasteiger partial charge in [0.05, 0.1) is 5.57 Å². The van der Waals surface area contributed by atoms with Crippen molar-refractivity contribution in [1.82, 2.24) is 0 Å². The SMILES string of the molecule is C=C(C)/C=C(\C(=C)N)C(=O)O. The molecule has 0 saturated heterocycles. The van der Waals surface area contributed by atoms with Crippen molar-refractivity contribution < 1.29 is 9.90 Å². The van der Waals surface area contributed by atoms with Crippen molar-refractivity contribution in [2.24, 2.45) is 5.73 Å². The molecule has 11 heavy (non-hydrogen) atoms. The van der Waals surface area contributed by atoms with Gasteiger partial charge in [0.1, 0.15) is 0 Å². The Morgan fingerprint density at radius 3 is 2.09 bits per heavy atom. The Morgan fingerprint density at radius 2 is 2.00 bits per heavy atom. The smallest absolute Gasteiger partial charge is 0.337 e. The first-order chi connectivity index (χ1) is 4.95. The second-order valence-electron chi connectivity index (χ2n) is 2.23. The lowest BCUT2D eigenvalue weighted by molar-refractivity contribution is -0.132. The number of nitrogens with two attached hydrogens (primary N) is 1. The molecule has 0 radical (unpaired) electrons. The highest BCUT2D eigenvalue weighted by molar-refractivity contribution is 5.91. The van der Waals surface area contributed by atoms with Crippen LogP contribution in [-0.2, 0) is 4.79 Å². The summed E-state index contributed by atoms with van der Waals surface area (Å²) in [6, 6.07) is 0. The summed E-state index contributed by atoms with van der Waals surface area (Å²) in [5, 5.41) is 8.54. The van der Waals surface area contributed by atoms with Crippen molar-refractivity contribution in [1.29, 1.82) is 0 Å². The van der Waals surface area contributed by atoms with Gasteiger partial charge in [0.15, 0.2) is 0 Å². The number of hydrogen-bond donors (Lipinski definition) is 2. The summed E-state index contributed by atoms with van der Waals surface area (Å²) < 4.78 is 0. The van der Waals surface area contributed by atoms with Gasteiger partial charge in [0.25, 0.3) is 0 Å². The highest BCUT2D eigenvalue weighted by Crippen LogP contribution is 2.05. The Hall–Kier alpha value is -1.51. The highest BCUT2D eigenvalue weighted by Gasteiger charge is 2.07. The molecule has 0 heterocycles. The molecule has 0 unspecified atom stereocenters. The first-order valence-electron chi connectivity index (χ1n) is 3.00. The Balaban J connectivity index is 4.75. The van der Waals surface area contributed by atoms with Gasteiger partial charge in [-0.25, -0.2) is 4.79 Å². The zero-order valence-corrected chi connectivity index (χ0v) is 6.42. The second kappa shape index (κ2) is 3.61. The van der Waals surface area contributed by atoms with E-state index in [1.54, 1.807) is 6.92 Å². The summed E-state index contributed by atoms with van der Waals surface area (Å²) in [4.78, 5) is 10.4. The maximum Gasteiger partial charge on any atom is 0.337 e. The number of carboxylic acid groups (broad SMARTS) is 1. The fraction of sp³-hybridized carbons (Fsp3) is 0.125. The summed E-state index contributed by atoms with van der Waals surface area (Å²) in [6.07, 6.45) is 1.38. The topological polar surface area (TPSA) is 63.3 Å². The van der Waals surface area contributed by atoms with Gasteiger partial charge in [0.2, 0.25) is 0 Å². The second-order valence-corrected chi connectivity index (χ2v) is 2.23. The molecular formula is C8H11NO2. The number of allylic oxidation sites excluding steroid dienone is 2. The molecule has 3 nitrogen and oxygen atoms in total. The van der Waals surface area contributed by atoms with Crippen molar-refractivity contribution in [3.8, 4) is 0 Å². The summed E-state index contributed by atoms with van der Waals surface area (Å²) in [7, 11) is 0. The van der Waals surface area contributed by atoms with E-state index in [1.807, 2.05) is 0 Å².